The molecule has 4 rings (SSSR count). The third-order valence-corrected chi connectivity index (χ3v) is 5.51. The molecule has 3 aliphatic rings. The van der Waals surface area contributed by atoms with Gasteiger partial charge in [-0.05, 0) is 25.2 Å². The SMILES string of the molecule is CN1C[C@@H]2Oc3ccc(Cl)cc3[C@@]3(O)C[N+](C)=C(N)[C@@]23C1. The molecule has 21 heavy (non-hydrogen) atoms. The smallest absolute Gasteiger partial charge is 0.257 e. The number of benzene rings is 1. The minimum absolute atomic E-state index is 0.147. The molecule has 0 unspecified atom stereocenters. The fourth-order valence-electron chi connectivity index (χ4n) is 4.34. The number of hydrogen-bond donors (Lipinski definition) is 2. The molecule has 0 amide bonds. The van der Waals surface area contributed by atoms with Crippen molar-refractivity contribution in [2.75, 3.05) is 33.7 Å². The quantitative estimate of drug-likeness (QED) is 0.674. The van der Waals surface area contributed by atoms with E-state index in [1.165, 1.54) is 0 Å². The third-order valence-electron chi connectivity index (χ3n) is 5.28. The Morgan fingerprint density at radius 1 is 1.52 bits per heavy atom. The maximum Gasteiger partial charge on any atom is 0.257 e. The molecule has 1 aromatic rings. The Hall–Kier alpha value is -1.30. The summed E-state index contributed by atoms with van der Waals surface area (Å²) in [5, 5.41) is 12.2. The average molecular weight is 309 g/mol. The van der Waals surface area contributed by atoms with E-state index in [0.717, 1.165) is 12.1 Å². The number of hydrogen-bond acceptors (Lipinski definition) is 4. The highest BCUT2D eigenvalue weighted by atomic mass is 35.5. The van der Waals surface area contributed by atoms with E-state index < -0.39 is 11.0 Å². The largest absolute Gasteiger partial charge is 0.487 e. The van der Waals surface area contributed by atoms with Crippen LogP contribution in [0.3, 0.4) is 0 Å². The minimum atomic E-state index is -1.07. The van der Waals surface area contributed by atoms with Crippen molar-refractivity contribution < 1.29 is 14.4 Å². The van der Waals surface area contributed by atoms with Gasteiger partial charge in [-0.15, -0.1) is 0 Å². The van der Waals surface area contributed by atoms with Crippen LogP contribution < -0.4 is 10.5 Å². The van der Waals surface area contributed by atoms with E-state index in [-0.39, 0.29) is 6.10 Å². The Morgan fingerprint density at radius 3 is 3.05 bits per heavy atom. The van der Waals surface area contributed by atoms with Crippen LogP contribution in [0.1, 0.15) is 5.56 Å². The van der Waals surface area contributed by atoms with Crippen molar-refractivity contribution in [3.05, 3.63) is 28.8 Å². The van der Waals surface area contributed by atoms with Gasteiger partial charge in [0.15, 0.2) is 11.0 Å². The monoisotopic (exact) mass is 308 g/mol. The highest BCUT2D eigenvalue weighted by molar-refractivity contribution is 6.30. The highest BCUT2D eigenvalue weighted by Crippen LogP contribution is 2.56. The minimum Gasteiger partial charge on any atom is -0.487 e. The standard InChI is InChI=1S/C15H18ClN3O2/c1-18-6-12-14(7-18)13(17)19(2)8-15(14,20)10-5-9(16)3-4-11(10)21-12/h3-5,12,17,20H,6-8H2,1-2H3/p+1/t12-,14+,15-/m0/s1. The number of amidine groups is 1. The van der Waals surface area contributed by atoms with Gasteiger partial charge in [0.1, 0.15) is 18.4 Å². The van der Waals surface area contributed by atoms with Crippen molar-refractivity contribution in [2.45, 2.75) is 11.7 Å². The molecular formula is C15H19ClN3O2+. The van der Waals surface area contributed by atoms with Crippen LogP contribution in [0, 0.1) is 5.41 Å². The Kier molecular flexibility index (Phi) is 2.49. The normalized spacial score (nSPS) is 38.0. The number of fused-ring (bicyclic) bond motifs is 2. The number of nitrogens with two attached hydrogens (primary N) is 1. The molecule has 1 saturated heterocycles. The highest BCUT2D eigenvalue weighted by Gasteiger charge is 2.73. The summed E-state index contributed by atoms with van der Waals surface area (Å²) in [5.41, 5.74) is 5.47. The van der Waals surface area contributed by atoms with E-state index in [1.54, 1.807) is 12.1 Å². The van der Waals surface area contributed by atoms with Crippen molar-refractivity contribution >= 4 is 17.4 Å². The molecule has 1 spiro atoms. The summed E-state index contributed by atoms with van der Waals surface area (Å²) in [5.74, 6) is 1.41. The Balaban J connectivity index is 2.00. The number of aliphatic hydroxyl groups is 1. The fourth-order valence-corrected chi connectivity index (χ4v) is 4.51. The lowest BCUT2D eigenvalue weighted by Gasteiger charge is -2.44. The van der Waals surface area contributed by atoms with Crippen molar-refractivity contribution in [1.82, 2.24) is 4.90 Å². The average Bonchev–Trinajstić information content (AvgIpc) is 2.85. The predicted octanol–water partition coefficient (Wildman–Crippen LogP) is 0.233. The Labute approximate surface area is 128 Å². The van der Waals surface area contributed by atoms with Gasteiger partial charge in [-0.2, -0.15) is 0 Å². The molecular weight excluding hydrogens is 290 g/mol. The molecule has 1 aromatic carbocycles. The van der Waals surface area contributed by atoms with Gasteiger partial charge in [-0.1, -0.05) is 11.6 Å². The lowest BCUT2D eigenvalue weighted by molar-refractivity contribution is -0.505. The molecule has 0 bridgehead atoms. The summed E-state index contributed by atoms with van der Waals surface area (Å²) in [6, 6.07) is 5.44. The number of likely N-dealkylation sites (N-methyl/N-ethyl adjacent to an activating group) is 2. The van der Waals surface area contributed by atoms with Gasteiger partial charge in [-0.3, -0.25) is 10.3 Å². The van der Waals surface area contributed by atoms with E-state index >= 15 is 0 Å². The van der Waals surface area contributed by atoms with Crippen LogP contribution >= 0.6 is 11.6 Å². The van der Waals surface area contributed by atoms with E-state index in [1.807, 2.05) is 24.7 Å². The van der Waals surface area contributed by atoms with Crippen LogP contribution in [0.4, 0.5) is 0 Å². The van der Waals surface area contributed by atoms with Crippen molar-refractivity contribution in [1.29, 1.82) is 0 Å². The lowest BCUT2D eigenvalue weighted by atomic mass is 9.65. The van der Waals surface area contributed by atoms with Crippen LogP contribution in [0.25, 0.3) is 0 Å². The molecule has 6 heteroatoms. The molecule has 3 aliphatic heterocycles. The van der Waals surface area contributed by atoms with Crippen LogP contribution in [0.5, 0.6) is 5.75 Å². The van der Waals surface area contributed by atoms with Crippen molar-refractivity contribution in [2.24, 2.45) is 11.1 Å². The number of nitrogens with zero attached hydrogens (tertiary/aromatic N) is 2. The molecule has 0 aromatic heterocycles. The summed E-state index contributed by atoms with van der Waals surface area (Å²) in [4.78, 5) is 2.16. The topological polar surface area (TPSA) is 61.7 Å². The summed E-state index contributed by atoms with van der Waals surface area (Å²) in [6.45, 7) is 1.88. The summed E-state index contributed by atoms with van der Waals surface area (Å²) in [6.07, 6.45) is -0.147. The Bertz CT molecular complexity index is 677. The van der Waals surface area contributed by atoms with E-state index in [9.17, 15) is 5.11 Å². The fraction of sp³-hybridized carbons (Fsp3) is 0.533. The van der Waals surface area contributed by atoms with Crippen LogP contribution in [0.2, 0.25) is 5.02 Å². The summed E-state index contributed by atoms with van der Waals surface area (Å²) in [7, 11) is 3.94. The van der Waals surface area contributed by atoms with Crippen molar-refractivity contribution in [3.8, 4) is 5.75 Å². The predicted molar refractivity (Wildman–Crippen MR) is 79.9 cm³/mol. The van der Waals surface area contributed by atoms with Crippen LogP contribution in [0.15, 0.2) is 18.2 Å². The first-order valence-electron chi connectivity index (χ1n) is 7.10. The molecule has 3 atom stereocenters. The van der Waals surface area contributed by atoms with Gasteiger partial charge < -0.3 is 14.7 Å². The summed E-state index contributed by atoms with van der Waals surface area (Å²) < 4.78 is 8.12. The molecule has 112 valence electrons. The third kappa shape index (κ3) is 1.42. The number of ether oxygens (including phenoxy) is 1. The van der Waals surface area contributed by atoms with Crippen LogP contribution in [-0.4, -0.2) is 60.3 Å². The van der Waals surface area contributed by atoms with E-state index in [4.69, 9.17) is 22.1 Å². The van der Waals surface area contributed by atoms with Gasteiger partial charge in [0.2, 0.25) is 0 Å². The maximum absolute atomic E-state index is 11.6. The first-order chi connectivity index (χ1) is 9.88. The Morgan fingerprint density at radius 2 is 2.29 bits per heavy atom. The zero-order chi connectivity index (χ0) is 15.0. The van der Waals surface area contributed by atoms with Crippen LogP contribution in [-0.2, 0) is 5.60 Å². The number of halogens is 1. The van der Waals surface area contributed by atoms with Gasteiger partial charge in [0.25, 0.3) is 5.84 Å². The number of rotatable bonds is 0. The zero-order valence-corrected chi connectivity index (χ0v) is 12.9. The molecule has 0 radical (unpaired) electrons. The molecule has 3 heterocycles. The molecule has 3 N–H and O–H groups in total. The molecule has 5 nitrogen and oxygen atoms in total. The lowest BCUT2D eigenvalue weighted by Crippen LogP contribution is -2.61. The van der Waals surface area contributed by atoms with Gasteiger partial charge >= 0.3 is 0 Å². The second-order valence-electron chi connectivity index (χ2n) is 6.52. The van der Waals surface area contributed by atoms with E-state index in [0.29, 0.717) is 29.7 Å². The van der Waals surface area contributed by atoms with Gasteiger partial charge in [-0.25, -0.2) is 0 Å². The number of likely N-dealkylation sites (tertiary alicyclic amines) is 1. The first-order valence-corrected chi connectivity index (χ1v) is 7.48. The first kappa shape index (κ1) is 13.4. The van der Waals surface area contributed by atoms with E-state index in [2.05, 4.69) is 4.90 Å². The van der Waals surface area contributed by atoms with Gasteiger partial charge in [0, 0.05) is 23.7 Å². The second-order valence-corrected chi connectivity index (χ2v) is 6.95. The second kappa shape index (κ2) is 3.91. The molecule has 1 fully saturated rings. The van der Waals surface area contributed by atoms with Gasteiger partial charge in [0.05, 0.1) is 7.05 Å². The maximum atomic E-state index is 11.6. The summed E-state index contributed by atoms with van der Waals surface area (Å²) >= 11 is 6.14. The molecule has 0 aliphatic carbocycles. The number of β-amino-alcohol motifs (C(OH)–C–C–N with tert-alkyl or cyclic N) is 1. The van der Waals surface area contributed by atoms with Crippen molar-refractivity contribution in [3.63, 3.8) is 0 Å². The molecule has 0 saturated carbocycles. The zero-order valence-electron chi connectivity index (χ0n) is 12.1.